The fourth-order valence-electron chi connectivity index (χ4n) is 1.44. The second kappa shape index (κ2) is 5.44. The molecule has 7 heteroatoms. The zero-order valence-electron chi connectivity index (χ0n) is 10.7. The Hall–Kier alpha value is -2.18. The first kappa shape index (κ1) is 12.3. The molecule has 0 spiro atoms. The molecule has 96 valence electrons. The summed E-state index contributed by atoms with van der Waals surface area (Å²) in [6.07, 6.45) is 3.62. The number of aromatic nitrogens is 5. The highest BCUT2D eigenvalue weighted by Crippen LogP contribution is 2.17. The number of nitrogens with zero attached hydrogens (tertiary/aromatic N) is 5. The van der Waals surface area contributed by atoms with Gasteiger partial charge in [-0.25, -0.2) is 0 Å². The maximum absolute atomic E-state index is 5.31. The minimum atomic E-state index is 0.316. The first-order valence-corrected chi connectivity index (χ1v) is 5.86. The fourth-order valence-corrected chi connectivity index (χ4v) is 1.44. The molecule has 18 heavy (non-hydrogen) atoms. The average molecular weight is 248 g/mol. The molecule has 2 aromatic heterocycles. The molecule has 0 saturated carbocycles. The first-order valence-electron chi connectivity index (χ1n) is 5.86. The highest BCUT2D eigenvalue weighted by molar-refractivity contribution is 5.54. The topological polar surface area (TPSA) is 77.8 Å². The van der Waals surface area contributed by atoms with Gasteiger partial charge in [0.2, 0.25) is 5.95 Å². The van der Waals surface area contributed by atoms with Gasteiger partial charge in [0, 0.05) is 19.8 Å². The van der Waals surface area contributed by atoms with Gasteiger partial charge in [-0.15, -0.1) is 0 Å². The molecule has 2 heterocycles. The monoisotopic (exact) mass is 248 g/mol. The highest BCUT2D eigenvalue weighted by Gasteiger charge is 2.10. The van der Waals surface area contributed by atoms with E-state index in [9.17, 15) is 0 Å². The van der Waals surface area contributed by atoms with E-state index in [0.29, 0.717) is 24.4 Å². The summed E-state index contributed by atoms with van der Waals surface area (Å²) in [7, 11) is 1.75. The first-order chi connectivity index (χ1) is 8.76. The van der Waals surface area contributed by atoms with Crippen LogP contribution in [0.15, 0.2) is 12.4 Å². The van der Waals surface area contributed by atoms with E-state index in [1.807, 2.05) is 24.7 Å². The van der Waals surface area contributed by atoms with E-state index in [4.69, 9.17) is 4.74 Å². The summed E-state index contributed by atoms with van der Waals surface area (Å²) in [5, 5.41) is 7.08. The standard InChI is InChI=1S/C11H16N6O/c1-4-17-7-8(6-13-17)9-14-10(12-3)16-11(15-9)18-5-2/h6-7H,4-5H2,1-3H3,(H,12,14,15,16). The zero-order chi connectivity index (χ0) is 13.0. The largest absolute Gasteiger partial charge is 0.464 e. The van der Waals surface area contributed by atoms with E-state index >= 15 is 0 Å². The van der Waals surface area contributed by atoms with Crippen LogP contribution in [0.5, 0.6) is 6.01 Å². The third-order valence-electron chi connectivity index (χ3n) is 2.33. The normalized spacial score (nSPS) is 10.4. The Morgan fingerprint density at radius 2 is 2.11 bits per heavy atom. The van der Waals surface area contributed by atoms with Crippen LogP contribution in [0.4, 0.5) is 5.95 Å². The quantitative estimate of drug-likeness (QED) is 0.856. The van der Waals surface area contributed by atoms with Gasteiger partial charge in [0.15, 0.2) is 5.82 Å². The van der Waals surface area contributed by atoms with Crippen molar-refractivity contribution < 1.29 is 4.74 Å². The second-order valence-electron chi connectivity index (χ2n) is 3.53. The lowest BCUT2D eigenvalue weighted by Gasteiger charge is -2.05. The van der Waals surface area contributed by atoms with Gasteiger partial charge >= 0.3 is 6.01 Å². The molecule has 0 atom stereocenters. The molecule has 0 amide bonds. The van der Waals surface area contributed by atoms with Crippen LogP contribution in [0, 0.1) is 0 Å². The number of aryl methyl sites for hydroxylation is 1. The third-order valence-corrected chi connectivity index (χ3v) is 2.33. The molecule has 0 unspecified atom stereocenters. The van der Waals surface area contributed by atoms with Crippen molar-refractivity contribution in [3.8, 4) is 17.4 Å². The average Bonchev–Trinajstić information content (AvgIpc) is 2.87. The van der Waals surface area contributed by atoms with Gasteiger partial charge in [-0.3, -0.25) is 4.68 Å². The zero-order valence-corrected chi connectivity index (χ0v) is 10.7. The van der Waals surface area contributed by atoms with Crippen molar-refractivity contribution >= 4 is 5.95 Å². The van der Waals surface area contributed by atoms with E-state index in [-0.39, 0.29) is 0 Å². The summed E-state index contributed by atoms with van der Waals surface area (Å²) in [6.45, 7) is 5.23. The number of rotatable bonds is 5. The number of ether oxygens (including phenoxy) is 1. The smallest absolute Gasteiger partial charge is 0.321 e. The number of nitrogens with one attached hydrogen (secondary N) is 1. The van der Waals surface area contributed by atoms with Crippen LogP contribution in [0.3, 0.4) is 0 Å². The van der Waals surface area contributed by atoms with Gasteiger partial charge in [0.25, 0.3) is 0 Å². The van der Waals surface area contributed by atoms with E-state index in [1.54, 1.807) is 13.2 Å². The minimum Gasteiger partial charge on any atom is -0.464 e. The third kappa shape index (κ3) is 2.55. The van der Waals surface area contributed by atoms with E-state index < -0.39 is 0 Å². The predicted octanol–water partition coefficient (Wildman–Crippen LogP) is 1.20. The molecule has 0 radical (unpaired) electrons. The van der Waals surface area contributed by atoms with Gasteiger partial charge in [0.05, 0.1) is 18.4 Å². The molecule has 0 aromatic carbocycles. The number of hydrogen-bond acceptors (Lipinski definition) is 6. The van der Waals surface area contributed by atoms with Crippen LogP contribution < -0.4 is 10.1 Å². The molecular formula is C11H16N6O. The van der Waals surface area contributed by atoms with Gasteiger partial charge in [-0.1, -0.05) is 0 Å². The van der Waals surface area contributed by atoms with E-state index in [2.05, 4.69) is 25.4 Å². The molecule has 1 N–H and O–H groups in total. The molecule has 7 nitrogen and oxygen atoms in total. The number of hydrogen-bond donors (Lipinski definition) is 1. The molecule has 0 aliphatic carbocycles. The van der Waals surface area contributed by atoms with Crippen molar-refractivity contribution in [3.05, 3.63) is 12.4 Å². The second-order valence-corrected chi connectivity index (χ2v) is 3.53. The van der Waals surface area contributed by atoms with Crippen molar-refractivity contribution in [2.75, 3.05) is 19.0 Å². The Labute approximate surface area is 105 Å². The summed E-state index contributed by atoms with van der Waals surface area (Å²) in [4.78, 5) is 12.6. The molecule has 2 aromatic rings. The maximum Gasteiger partial charge on any atom is 0.321 e. The minimum absolute atomic E-state index is 0.316. The molecular weight excluding hydrogens is 232 g/mol. The van der Waals surface area contributed by atoms with Gasteiger partial charge in [0.1, 0.15) is 0 Å². The molecule has 0 bridgehead atoms. The summed E-state index contributed by atoms with van der Waals surface area (Å²) in [5.74, 6) is 1.03. The van der Waals surface area contributed by atoms with Gasteiger partial charge in [-0.2, -0.15) is 20.1 Å². The molecule has 2 rings (SSSR count). The van der Waals surface area contributed by atoms with E-state index in [0.717, 1.165) is 12.1 Å². The Bertz CT molecular complexity index is 524. The summed E-state index contributed by atoms with van der Waals surface area (Å²) < 4.78 is 7.13. The fraction of sp³-hybridized carbons (Fsp3) is 0.455. The molecule has 0 fully saturated rings. The van der Waals surface area contributed by atoms with Crippen molar-refractivity contribution in [2.45, 2.75) is 20.4 Å². The lowest BCUT2D eigenvalue weighted by Crippen LogP contribution is -2.04. The molecule has 0 saturated heterocycles. The maximum atomic E-state index is 5.31. The lowest BCUT2D eigenvalue weighted by atomic mass is 10.3. The predicted molar refractivity (Wildman–Crippen MR) is 67.4 cm³/mol. The molecule has 0 aliphatic rings. The van der Waals surface area contributed by atoms with Crippen LogP contribution in [-0.4, -0.2) is 38.4 Å². The highest BCUT2D eigenvalue weighted by atomic mass is 16.5. The summed E-state index contributed by atoms with van der Waals surface area (Å²) in [5.41, 5.74) is 0.844. The SMILES string of the molecule is CCOc1nc(NC)nc(-c2cnn(CC)c2)n1. The van der Waals surface area contributed by atoms with Crippen molar-refractivity contribution in [2.24, 2.45) is 0 Å². The Morgan fingerprint density at radius 1 is 1.28 bits per heavy atom. The lowest BCUT2D eigenvalue weighted by molar-refractivity contribution is 0.312. The number of anilines is 1. The van der Waals surface area contributed by atoms with Gasteiger partial charge < -0.3 is 10.1 Å². The van der Waals surface area contributed by atoms with Crippen LogP contribution >= 0.6 is 0 Å². The summed E-state index contributed by atoms with van der Waals surface area (Å²) >= 11 is 0. The Kier molecular flexibility index (Phi) is 3.71. The Morgan fingerprint density at radius 3 is 2.72 bits per heavy atom. The van der Waals surface area contributed by atoms with Crippen molar-refractivity contribution in [1.29, 1.82) is 0 Å². The van der Waals surface area contributed by atoms with Crippen LogP contribution in [0.2, 0.25) is 0 Å². The van der Waals surface area contributed by atoms with Gasteiger partial charge in [-0.05, 0) is 13.8 Å². The van der Waals surface area contributed by atoms with Crippen LogP contribution in [-0.2, 0) is 6.54 Å². The summed E-state index contributed by atoms with van der Waals surface area (Å²) in [6, 6.07) is 0.316. The molecule has 0 aliphatic heterocycles. The van der Waals surface area contributed by atoms with Crippen molar-refractivity contribution in [1.82, 2.24) is 24.7 Å². The van der Waals surface area contributed by atoms with E-state index in [1.165, 1.54) is 0 Å². The van der Waals surface area contributed by atoms with Crippen LogP contribution in [0.25, 0.3) is 11.4 Å². The Balaban J connectivity index is 2.39. The van der Waals surface area contributed by atoms with Crippen LogP contribution in [0.1, 0.15) is 13.8 Å². The van der Waals surface area contributed by atoms with Crippen molar-refractivity contribution in [3.63, 3.8) is 0 Å².